The van der Waals surface area contributed by atoms with Crippen LogP contribution in [0.25, 0.3) is 22.3 Å². The zero-order valence-electron chi connectivity index (χ0n) is 33.5. The second-order valence-corrected chi connectivity index (χ2v) is 21.2. The first-order valence-electron chi connectivity index (χ1n) is 18.4. The summed E-state index contributed by atoms with van der Waals surface area (Å²) >= 11 is 0. The highest BCUT2D eigenvalue weighted by molar-refractivity contribution is 7.76. The molecule has 35 heteroatoms. The van der Waals surface area contributed by atoms with Crippen LogP contribution in [0.5, 0.6) is 5.88 Å². The number of ether oxygens (including phenoxy) is 2. The molecule has 31 nitrogen and oxygen atoms in total. The summed E-state index contributed by atoms with van der Waals surface area (Å²) in [4.78, 5) is 72.1. The number of hydrogen-bond donors (Lipinski definition) is 11. The third kappa shape index (κ3) is 11.9. The van der Waals surface area contributed by atoms with Crippen LogP contribution in [0.3, 0.4) is 0 Å². The molecule has 4 aromatic rings. The second-order valence-electron chi connectivity index (χ2n) is 13.8. The number of phosphoric acid groups is 2. The van der Waals surface area contributed by atoms with Gasteiger partial charge in [0.15, 0.2) is 35.1 Å². The van der Waals surface area contributed by atoms with Crippen LogP contribution >= 0.6 is 30.8 Å². The van der Waals surface area contributed by atoms with Gasteiger partial charge in [0.25, 0.3) is 11.5 Å². The SMILES string of the molecule is CCN(CC)CC.Cn1c[n+]([C@@H]2O[C@H](COP(=O)(O)OP(=O)(O)CP(=O)(O)OP(=O)(O)OC[C@H]3O[C@@H](n4cnc5c(=O)[nH]c(N)nc54)[C@H](O)[C@@H]3O)[C@@H](O)[C@H]2O)c2nc(N)nc([O-])c21. The number of fused-ring (bicyclic) bond motifs is 2. The van der Waals surface area contributed by atoms with Crippen molar-refractivity contribution in [2.75, 3.05) is 50.2 Å². The van der Waals surface area contributed by atoms with E-state index in [0.29, 0.717) is 0 Å². The van der Waals surface area contributed by atoms with E-state index >= 15 is 0 Å². The lowest BCUT2D eigenvalue weighted by Crippen LogP contribution is -2.46. The first-order chi connectivity index (χ1) is 29.2. The Morgan fingerprint density at radius 1 is 0.857 bits per heavy atom. The van der Waals surface area contributed by atoms with Crippen molar-refractivity contribution in [2.24, 2.45) is 7.05 Å². The number of nitrogen functional groups attached to an aromatic ring is 2. The number of H-pyrrole nitrogens is 1. The Kier molecular flexibility index (Phi) is 15.8. The number of imidazole rings is 2. The number of nitrogens with two attached hydrogens (primary N) is 2. The normalized spacial score (nSPS) is 27.8. The van der Waals surface area contributed by atoms with Gasteiger partial charge in [-0.2, -0.15) is 4.98 Å². The summed E-state index contributed by atoms with van der Waals surface area (Å²) in [5.74, 6) is -3.62. The van der Waals surface area contributed by atoms with Gasteiger partial charge < -0.3 is 70.9 Å². The average Bonchev–Trinajstić information content (AvgIpc) is 3.88. The lowest BCUT2D eigenvalue weighted by Gasteiger charge is -2.22. The Morgan fingerprint density at radius 2 is 1.40 bits per heavy atom. The molecule has 0 aliphatic carbocycles. The fourth-order valence-corrected chi connectivity index (χ4v) is 13.2. The number of aromatic nitrogens is 8. The van der Waals surface area contributed by atoms with E-state index in [1.54, 1.807) is 0 Å². The standard InChI is InChI=1S/C22H32N10O20P4.C6H15N/c1-30-5-32(16-10(30)18(38)29-22(24)27-16)20-14(36)12(34)8(50-20)3-48-56(45,46)52-54(41,42)6-53(39,40)51-55(43,44)47-2-7-11(33)13(35)19(49-7)31-4-25-9-15(31)26-21(23)28-17(9)37;1-4-7(5-2)6-3/h4-5,7-8,11-14,19-20,33-36H,2-3,6H2,1H3,(H9-,23,24,26,27,28,29,37,38,39,40,41,42,43,44,45,46);4-6H2,1-3H3/t7-,8-,11-,12-,13-,14-,19-,20-;/m1./s1. The third-order valence-corrected chi connectivity index (χ3v) is 16.9. The molecule has 0 bridgehead atoms. The number of hydrogen-bond acceptors (Lipinski definition) is 23. The summed E-state index contributed by atoms with van der Waals surface area (Å²) in [6.07, 6.45) is -11.3. The van der Waals surface area contributed by atoms with Crippen LogP contribution in [-0.4, -0.2) is 154 Å². The van der Waals surface area contributed by atoms with Crippen molar-refractivity contribution in [1.29, 1.82) is 0 Å². The lowest BCUT2D eigenvalue weighted by molar-refractivity contribution is -0.745. The van der Waals surface area contributed by atoms with E-state index in [9.17, 15) is 68.2 Å². The van der Waals surface area contributed by atoms with Crippen molar-refractivity contribution in [3.63, 3.8) is 0 Å². The van der Waals surface area contributed by atoms with Gasteiger partial charge in [0, 0.05) is 5.88 Å². The Balaban J connectivity index is 0.000000985. The molecule has 0 spiro atoms. The number of anilines is 2. The molecule has 63 heavy (non-hydrogen) atoms. The van der Waals surface area contributed by atoms with Crippen molar-refractivity contribution in [2.45, 2.75) is 69.9 Å². The predicted octanol–water partition coefficient (Wildman–Crippen LogP) is -3.19. The van der Waals surface area contributed by atoms with Gasteiger partial charge in [-0.25, -0.2) is 32.3 Å². The maximum Gasteiger partial charge on any atom is 0.479 e. The molecule has 0 aromatic carbocycles. The lowest BCUT2D eigenvalue weighted by atomic mass is 10.1. The fraction of sp³-hybridized carbons (Fsp3) is 0.643. The molecule has 2 fully saturated rings. The Hall–Kier alpha value is -3.38. The minimum absolute atomic E-state index is 0.0642. The molecule has 2 aliphatic rings. The highest BCUT2D eigenvalue weighted by atomic mass is 31.3. The zero-order valence-corrected chi connectivity index (χ0v) is 37.1. The van der Waals surface area contributed by atoms with Gasteiger partial charge >= 0.3 is 36.5 Å². The minimum atomic E-state index is -5.75. The molecule has 12 atom stereocenters. The van der Waals surface area contributed by atoms with Gasteiger partial charge in [0.2, 0.25) is 12.2 Å². The molecule has 4 unspecified atom stereocenters. The second kappa shape index (κ2) is 19.6. The average molecular weight is 982 g/mol. The Bertz CT molecular complexity index is 2520. The smallest absolute Gasteiger partial charge is 0.479 e. The largest absolute Gasteiger partial charge is 0.856 e. The van der Waals surface area contributed by atoms with Crippen LogP contribution in [0.1, 0.15) is 33.2 Å². The van der Waals surface area contributed by atoms with E-state index in [2.05, 4.69) is 68.3 Å². The number of nitrogens with zero attached hydrogens (tertiary/aromatic N) is 8. The summed E-state index contributed by atoms with van der Waals surface area (Å²) in [5, 5.41) is 54.3. The maximum absolute atomic E-state index is 12.6. The molecule has 13 N–H and O–H groups in total. The van der Waals surface area contributed by atoms with Crippen LogP contribution in [0.15, 0.2) is 17.4 Å². The molecular weight excluding hydrogens is 934 g/mol. The van der Waals surface area contributed by atoms with Gasteiger partial charge in [-0.15, -0.1) is 0 Å². The number of aliphatic hydroxyl groups excluding tert-OH is 4. The molecule has 6 heterocycles. The summed E-state index contributed by atoms with van der Waals surface area (Å²) in [6, 6.07) is 0. The molecular formula is C28H47N11O20P4. The fourth-order valence-electron chi connectivity index (χ4n) is 6.39. The molecule has 2 aliphatic heterocycles. The maximum atomic E-state index is 12.6. The predicted molar refractivity (Wildman–Crippen MR) is 209 cm³/mol. The Morgan fingerprint density at radius 3 is 1.94 bits per heavy atom. The number of nitrogens with one attached hydrogen (secondary N) is 1. The van der Waals surface area contributed by atoms with Gasteiger partial charge in [-0.05, 0) is 19.6 Å². The van der Waals surface area contributed by atoms with Crippen LogP contribution in [0, 0.1) is 0 Å². The number of aromatic amines is 1. The van der Waals surface area contributed by atoms with E-state index in [1.165, 1.54) is 37.6 Å². The number of phosphoric ester groups is 2. The van der Waals surface area contributed by atoms with Crippen LogP contribution in [-0.2, 0) is 52.5 Å². The highest BCUT2D eigenvalue weighted by Gasteiger charge is 2.50. The van der Waals surface area contributed by atoms with Gasteiger partial charge in [-0.1, -0.05) is 25.8 Å². The highest BCUT2D eigenvalue weighted by Crippen LogP contribution is 2.70. The minimum Gasteiger partial charge on any atom is -0.856 e. The Labute approximate surface area is 354 Å². The van der Waals surface area contributed by atoms with Gasteiger partial charge in [0.05, 0.1) is 26.6 Å². The van der Waals surface area contributed by atoms with Gasteiger partial charge in [0.1, 0.15) is 36.6 Å². The third-order valence-electron chi connectivity index (χ3n) is 9.38. The zero-order chi connectivity index (χ0) is 47.0. The first-order valence-corrected chi connectivity index (χ1v) is 24.9. The number of rotatable bonds is 17. The molecule has 0 radical (unpaired) electrons. The summed E-state index contributed by atoms with van der Waals surface area (Å²) in [5.41, 5.74) is 9.76. The summed E-state index contributed by atoms with van der Waals surface area (Å²) < 4.78 is 82.0. The topological polar surface area (TPSA) is 462 Å². The molecule has 4 aromatic heterocycles. The molecule has 0 amide bonds. The van der Waals surface area contributed by atoms with E-state index in [1.807, 2.05) is 0 Å². The molecule has 6 rings (SSSR count). The van der Waals surface area contributed by atoms with Crippen LogP contribution in [0.4, 0.5) is 11.9 Å². The monoisotopic (exact) mass is 981 g/mol. The van der Waals surface area contributed by atoms with Crippen molar-refractivity contribution < 1.29 is 95.1 Å². The van der Waals surface area contributed by atoms with Crippen LogP contribution in [0.2, 0.25) is 0 Å². The number of aliphatic hydroxyl groups is 4. The molecule has 354 valence electrons. The van der Waals surface area contributed by atoms with E-state index in [4.69, 9.17) is 20.9 Å². The summed E-state index contributed by atoms with van der Waals surface area (Å²) in [6.45, 7) is 7.89. The van der Waals surface area contributed by atoms with Crippen molar-refractivity contribution in [1.82, 2.24) is 39.0 Å². The van der Waals surface area contributed by atoms with E-state index in [0.717, 1.165) is 15.5 Å². The molecule has 0 saturated carbocycles. The molecule has 2 saturated heterocycles. The van der Waals surface area contributed by atoms with Crippen molar-refractivity contribution in [3.05, 3.63) is 23.0 Å². The first kappa shape index (κ1) is 50.6. The number of aryl methyl sites for hydroxylation is 1. The van der Waals surface area contributed by atoms with Crippen molar-refractivity contribution >= 4 is 65.1 Å². The van der Waals surface area contributed by atoms with E-state index in [-0.39, 0.29) is 28.3 Å². The van der Waals surface area contributed by atoms with Crippen LogP contribution < -0.4 is 26.7 Å². The van der Waals surface area contributed by atoms with E-state index < -0.39 is 116 Å². The van der Waals surface area contributed by atoms with Crippen molar-refractivity contribution in [3.8, 4) is 5.88 Å². The van der Waals surface area contributed by atoms with Gasteiger partial charge in [-0.3, -0.25) is 37.1 Å². The quantitative estimate of drug-likeness (QED) is 0.0367. The summed E-state index contributed by atoms with van der Waals surface area (Å²) in [7, 11) is -21.5.